The third-order valence-corrected chi connectivity index (χ3v) is 5.61. The predicted molar refractivity (Wildman–Crippen MR) is 122 cm³/mol. The quantitative estimate of drug-likeness (QED) is 0.502. The Morgan fingerprint density at radius 2 is 1.97 bits per heavy atom. The van der Waals surface area contributed by atoms with E-state index in [1.165, 1.54) is 22.7 Å². The Hall–Kier alpha value is -2.80. The Morgan fingerprint density at radius 3 is 2.70 bits per heavy atom. The van der Waals surface area contributed by atoms with Gasteiger partial charge in [0.25, 0.3) is 0 Å². The van der Waals surface area contributed by atoms with Crippen molar-refractivity contribution in [3.8, 4) is 0 Å². The van der Waals surface area contributed by atoms with Crippen LogP contribution in [0.5, 0.6) is 0 Å². The molecule has 0 bridgehead atoms. The van der Waals surface area contributed by atoms with Crippen LogP contribution < -0.4 is 10.2 Å². The molecule has 0 radical (unpaired) electrons. The van der Waals surface area contributed by atoms with Crippen molar-refractivity contribution in [3.05, 3.63) is 71.3 Å². The van der Waals surface area contributed by atoms with E-state index in [9.17, 15) is 4.79 Å². The van der Waals surface area contributed by atoms with Gasteiger partial charge < -0.3 is 10.2 Å². The van der Waals surface area contributed by atoms with Gasteiger partial charge in [-0.3, -0.25) is 9.78 Å². The first kappa shape index (κ1) is 21.9. The van der Waals surface area contributed by atoms with Crippen molar-refractivity contribution in [1.82, 2.24) is 19.7 Å². The highest BCUT2D eigenvalue weighted by Gasteiger charge is 2.14. The molecule has 30 heavy (non-hydrogen) atoms. The highest BCUT2D eigenvalue weighted by molar-refractivity contribution is 7.09. The van der Waals surface area contributed by atoms with Gasteiger partial charge in [0.05, 0.1) is 12.2 Å². The summed E-state index contributed by atoms with van der Waals surface area (Å²) in [5, 5.41) is 3.84. The molecule has 0 saturated heterocycles. The molecule has 0 aliphatic carbocycles. The minimum absolute atomic E-state index is 0.0199. The molecule has 0 aliphatic rings. The van der Waals surface area contributed by atoms with Crippen LogP contribution in [0.25, 0.3) is 0 Å². The summed E-state index contributed by atoms with van der Waals surface area (Å²) in [7, 11) is 0. The lowest BCUT2D eigenvalue weighted by Crippen LogP contribution is -2.31. The van der Waals surface area contributed by atoms with E-state index in [0.717, 1.165) is 42.5 Å². The van der Waals surface area contributed by atoms with Crippen molar-refractivity contribution in [2.24, 2.45) is 0 Å². The highest BCUT2D eigenvalue weighted by atomic mass is 32.1. The summed E-state index contributed by atoms with van der Waals surface area (Å²) in [6, 6.07) is 14.2. The van der Waals surface area contributed by atoms with Gasteiger partial charge >= 0.3 is 0 Å². The van der Waals surface area contributed by atoms with Crippen LogP contribution in [0, 0.1) is 6.92 Å². The Balaban J connectivity index is 1.55. The number of unbranched alkanes of at least 4 members (excludes halogenated alkanes) is 1. The van der Waals surface area contributed by atoms with E-state index in [2.05, 4.69) is 57.7 Å². The number of hydrogen-bond acceptors (Lipinski definition) is 6. The van der Waals surface area contributed by atoms with Crippen LogP contribution in [0.15, 0.2) is 48.7 Å². The zero-order valence-electron chi connectivity index (χ0n) is 17.7. The molecule has 0 spiro atoms. The smallest absolute Gasteiger partial charge is 0.222 e. The summed E-state index contributed by atoms with van der Waals surface area (Å²) >= 11 is 1.42. The minimum atomic E-state index is 0.0199. The Morgan fingerprint density at radius 1 is 1.13 bits per heavy atom. The van der Waals surface area contributed by atoms with Gasteiger partial charge in [-0.05, 0) is 31.0 Å². The van der Waals surface area contributed by atoms with Gasteiger partial charge in [-0.15, -0.1) is 0 Å². The number of nitrogens with one attached hydrogen (secondary N) is 1. The van der Waals surface area contributed by atoms with Crippen LogP contribution in [0.3, 0.4) is 0 Å². The standard InChI is InChI=1S/C23H29N5OS/c1-3-4-14-28(15-12-22(29)25-17-20-7-5-6-13-24-20)23-26-21(27-30-23)16-19-10-8-18(2)9-11-19/h5-11,13H,3-4,12,14-17H2,1-2H3,(H,25,29). The molecular formula is C23H29N5OS. The first-order valence-electron chi connectivity index (χ1n) is 10.4. The van der Waals surface area contributed by atoms with E-state index in [1.54, 1.807) is 6.20 Å². The largest absolute Gasteiger partial charge is 0.350 e. The fourth-order valence-electron chi connectivity index (χ4n) is 3.00. The van der Waals surface area contributed by atoms with E-state index < -0.39 is 0 Å². The SMILES string of the molecule is CCCCN(CCC(=O)NCc1ccccn1)c1nc(Cc2ccc(C)cc2)ns1. The number of benzene rings is 1. The predicted octanol–water partition coefficient (Wildman–Crippen LogP) is 4.15. The second kappa shape index (κ2) is 11.4. The van der Waals surface area contributed by atoms with Gasteiger partial charge in [0.15, 0.2) is 0 Å². The molecule has 6 nitrogen and oxygen atoms in total. The lowest BCUT2D eigenvalue weighted by Gasteiger charge is -2.20. The highest BCUT2D eigenvalue weighted by Crippen LogP contribution is 2.20. The second-order valence-corrected chi connectivity index (χ2v) is 8.07. The van der Waals surface area contributed by atoms with Crippen molar-refractivity contribution in [2.75, 3.05) is 18.0 Å². The van der Waals surface area contributed by atoms with E-state index >= 15 is 0 Å². The number of carbonyl (C=O) groups is 1. The third-order valence-electron chi connectivity index (χ3n) is 4.79. The van der Waals surface area contributed by atoms with E-state index in [1.807, 2.05) is 18.2 Å². The number of carbonyl (C=O) groups excluding carboxylic acids is 1. The lowest BCUT2D eigenvalue weighted by molar-refractivity contribution is -0.121. The number of anilines is 1. The first-order valence-corrected chi connectivity index (χ1v) is 11.2. The Labute approximate surface area is 182 Å². The molecular weight excluding hydrogens is 394 g/mol. The third kappa shape index (κ3) is 6.91. The topological polar surface area (TPSA) is 71.0 Å². The maximum atomic E-state index is 12.3. The van der Waals surface area contributed by atoms with Crippen LogP contribution in [0.1, 0.15) is 48.8 Å². The molecule has 1 aromatic carbocycles. The van der Waals surface area contributed by atoms with Gasteiger partial charge in [-0.1, -0.05) is 49.2 Å². The molecule has 0 unspecified atom stereocenters. The van der Waals surface area contributed by atoms with Gasteiger partial charge in [-0.2, -0.15) is 4.37 Å². The molecule has 3 rings (SSSR count). The van der Waals surface area contributed by atoms with E-state index in [0.29, 0.717) is 19.5 Å². The Bertz CT molecular complexity index is 911. The van der Waals surface area contributed by atoms with Crippen molar-refractivity contribution < 1.29 is 4.79 Å². The van der Waals surface area contributed by atoms with Crippen LogP contribution in [-0.4, -0.2) is 33.3 Å². The molecule has 3 aromatic rings. The zero-order valence-corrected chi connectivity index (χ0v) is 18.5. The zero-order chi connectivity index (χ0) is 21.2. The van der Waals surface area contributed by atoms with Crippen LogP contribution in [-0.2, 0) is 17.8 Å². The van der Waals surface area contributed by atoms with Crippen molar-refractivity contribution in [1.29, 1.82) is 0 Å². The van der Waals surface area contributed by atoms with E-state index in [4.69, 9.17) is 4.98 Å². The maximum Gasteiger partial charge on any atom is 0.222 e. The summed E-state index contributed by atoms with van der Waals surface area (Å²) in [5.74, 6) is 0.853. The van der Waals surface area contributed by atoms with E-state index in [-0.39, 0.29) is 5.91 Å². The van der Waals surface area contributed by atoms with Crippen LogP contribution >= 0.6 is 11.5 Å². The molecule has 2 heterocycles. The fourth-order valence-corrected chi connectivity index (χ4v) is 3.74. The second-order valence-electron chi connectivity index (χ2n) is 7.34. The summed E-state index contributed by atoms with van der Waals surface area (Å²) in [6.45, 7) is 6.21. The average Bonchev–Trinajstić information content (AvgIpc) is 3.23. The summed E-state index contributed by atoms with van der Waals surface area (Å²) in [5.41, 5.74) is 3.32. The fraction of sp³-hybridized carbons (Fsp3) is 0.391. The number of hydrogen-bond donors (Lipinski definition) is 1. The average molecular weight is 424 g/mol. The van der Waals surface area contributed by atoms with Gasteiger partial charge in [-0.25, -0.2) is 4.98 Å². The van der Waals surface area contributed by atoms with Crippen molar-refractivity contribution >= 4 is 22.6 Å². The van der Waals surface area contributed by atoms with Crippen molar-refractivity contribution in [3.63, 3.8) is 0 Å². The number of rotatable bonds is 11. The first-order chi connectivity index (χ1) is 14.6. The molecule has 1 amide bonds. The number of aromatic nitrogens is 3. The molecule has 0 fully saturated rings. The molecule has 7 heteroatoms. The normalized spacial score (nSPS) is 10.7. The molecule has 1 N–H and O–H groups in total. The molecule has 2 aromatic heterocycles. The molecule has 158 valence electrons. The lowest BCUT2D eigenvalue weighted by atomic mass is 10.1. The van der Waals surface area contributed by atoms with Gasteiger partial charge in [0.2, 0.25) is 11.0 Å². The summed E-state index contributed by atoms with van der Waals surface area (Å²) in [6.07, 6.45) is 5.03. The summed E-state index contributed by atoms with van der Waals surface area (Å²) < 4.78 is 4.55. The molecule has 0 saturated carbocycles. The Kier molecular flexibility index (Phi) is 8.32. The molecule has 0 aliphatic heterocycles. The van der Waals surface area contributed by atoms with Crippen LogP contribution in [0.4, 0.5) is 5.13 Å². The van der Waals surface area contributed by atoms with Crippen molar-refractivity contribution in [2.45, 2.75) is 46.1 Å². The minimum Gasteiger partial charge on any atom is -0.350 e. The number of aryl methyl sites for hydroxylation is 1. The number of pyridine rings is 1. The summed E-state index contributed by atoms with van der Waals surface area (Å²) in [4.78, 5) is 23.5. The number of nitrogens with zero attached hydrogens (tertiary/aromatic N) is 4. The van der Waals surface area contributed by atoms with Gasteiger partial charge in [0, 0.05) is 43.7 Å². The maximum absolute atomic E-state index is 12.3. The number of amides is 1. The monoisotopic (exact) mass is 423 g/mol. The molecule has 0 atom stereocenters. The van der Waals surface area contributed by atoms with Crippen LogP contribution in [0.2, 0.25) is 0 Å². The van der Waals surface area contributed by atoms with Gasteiger partial charge in [0.1, 0.15) is 5.82 Å².